The van der Waals surface area contributed by atoms with Gasteiger partial charge in [-0.1, -0.05) is 26.0 Å². The summed E-state index contributed by atoms with van der Waals surface area (Å²) in [5.41, 5.74) is 0.238. The van der Waals surface area contributed by atoms with Gasteiger partial charge in [0.1, 0.15) is 6.04 Å². The molecule has 1 aromatic heterocycles. The second-order valence-corrected chi connectivity index (χ2v) is 5.97. The van der Waals surface area contributed by atoms with Crippen molar-refractivity contribution in [2.24, 2.45) is 5.92 Å². The molecule has 0 radical (unpaired) electrons. The maximum Gasteiger partial charge on any atom is 0.329 e. The fourth-order valence-corrected chi connectivity index (χ4v) is 2.32. The Morgan fingerprint density at radius 2 is 1.88 bits per heavy atom. The molecule has 1 amide bonds. The number of hydrogen-bond donors (Lipinski definition) is 2. The molecule has 0 fully saturated rings. The first-order valence-corrected chi connectivity index (χ1v) is 7.76. The largest absolute Gasteiger partial charge is 0.453 e. The van der Waals surface area contributed by atoms with Crippen molar-refractivity contribution in [3.05, 3.63) is 40.4 Å². The van der Waals surface area contributed by atoms with Crippen LogP contribution >= 0.6 is 0 Å². The Morgan fingerprint density at radius 3 is 2.50 bits per heavy atom. The minimum atomic E-state index is -0.753. The molecule has 0 aliphatic heterocycles. The maximum absolute atomic E-state index is 12.3. The summed E-state index contributed by atoms with van der Waals surface area (Å²) < 4.78 is 5.38. The van der Waals surface area contributed by atoms with Crippen LogP contribution in [0.5, 0.6) is 0 Å². The predicted molar refractivity (Wildman–Crippen MR) is 89.3 cm³/mol. The summed E-state index contributed by atoms with van der Waals surface area (Å²) in [4.78, 5) is 42.6. The molecule has 2 atom stereocenters. The summed E-state index contributed by atoms with van der Waals surface area (Å²) in [6.07, 6.45) is -0.746. The van der Waals surface area contributed by atoms with E-state index in [9.17, 15) is 14.4 Å². The van der Waals surface area contributed by atoms with Gasteiger partial charge in [0.2, 0.25) is 5.91 Å². The Hall–Kier alpha value is -2.70. The number of nitrogens with one attached hydrogen (secondary N) is 2. The number of benzene rings is 1. The van der Waals surface area contributed by atoms with E-state index in [0.717, 1.165) is 0 Å². The van der Waals surface area contributed by atoms with E-state index in [1.807, 2.05) is 13.8 Å². The van der Waals surface area contributed by atoms with Crippen LogP contribution in [-0.2, 0) is 14.3 Å². The lowest BCUT2D eigenvalue weighted by Gasteiger charge is -2.22. The van der Waals surface area contributed by atoms with Crippen molar-refractivity contribution < 1.29 is 14.3 Å². The SMILES string of the molecule is CC(=O)NC(C(=O)OC(C)c1nc2ccccc2c(=O)[nH]1)C(C)C. The minimum Gasteiger partial charge on any atom is -0.453 e. The van der Waals surface area contributed by atoms with Crippen molar-refractivity contribution in [2.75, 3.05) is 0 Å². The number of carbonyl (C=O) groups is 2. The molecule has 0 saturated heterocycles. The first-order chi connectivity index (χ1) is 11.3. The summed E-state index contributed by atoms with van der Waals surface area (Å²) in [7, 11) is 0. The number of amides is 1. The highest BCUT2D eigenvalue weighted by atomic mass is 16.5. The van der Waals surface area contributed by atoms with Gasteiger partial charge in [-0.05, 0) is 25.0 Å². The molecule has 7 heteroatoms. The minimum absolute atomic E-state index is 0.128. The van der Waals surface area contributed by atoms with Crippen LogP contribution in [0.15, 0.2) is 29.1 Å². The molecule has 0 saturated carbocycles. The third kappa shape index (κ3) is 3.98. The number of rotatable bonds is 5. The van der Waals surface area contributed by atoms with Crippen molar-refractivity contribution in [1.82, 2.24) is 15.3 Å². The lowest BCUT2D eigenvalue weighted by atomic mass is 10.0. The fourth-order valence-electron chi connectivity index (χ4n) is 2.32. The van der Waals surface area contributed by atoms with E-state index >= 15 is 0 Å². The first-order valence-electron chi connectivity index (χ1n) is 7.76. The maximum atomic E-state index is 12.3. The van der Waals surface area contributed by atoms with Gasteiger partial charge in [0.15, 0.2) is 11.9 Å². The van der Waals surface area contributed by atoms with E-state index in [1.165, 1.54) is 6.92 Å². The quantitative estimate of drug-likeness (QED) is 0.812. The lowest BCUT2D eigenvalue weighted by molar-refractivity contribution is -0.154. The average Bonchev–Trinajstić information content (AvgIpc) is 2.52. The van der Waals surface area contributed by atoms with Gasteiger partial charge in [-0.25, -0.2) is 9.78 Å². The number of H-pyrrole nitrogens is 1. The van der Waals surface area contributed by atoms with Gasteiger partial charge in [-0.3, -0.25) is 9.59 Å². The molecule has 0 aliphatic carbocycles. The molecule has 2 aromatic rings. The first kappa shape index (κ1) is 17.7. The van der Waals surface area contributed by atoms with Crippen LogP contribution in [0.1, 0.15) is 39.6 Å². The normalized spacial score (nSPS) is 13.5. The number of carbonyl (C=O) groups excluding carboxylic acids is 2. The number of aromatic nitrogens is 2. The topological polar surface area (TPSA) is 101 Å². The van der Waals surface area contributed by atoms with Crippen LogP contribution in [0, 0.1) is 5.92 Å². The molecule has 0 spiro atoms. The molecule has 24 heavy (non-hydrogen) atoms. The second-order valence-electron chi connectivity index (χ2n) is 5.97. The number of fused-ring (bicyclic) bond motifs is 1. The second kappa shape index (κ2) is 7.25. The number of ether oxygens (including phenoxy) is 1. The van der Waals surface area contributed by atoms with Crippen LogP contribution in [-0.4, -0.2) is 27.9 Å². The van der Waals surface area contributed by atoms with Crippen molar-refractivity contribution in [2.45, 2.75) is 39.8 Å². The van der Waals surface area contributed by atoms with Gasteiger partial charge in [0.25, 0.3) is 5.56 Å². The number of para-hydroxylation sites is 1. The Kier molecular flexibility index (Phi) is 5.33. The van der Waals surface area contributed by atoms with Crippen LogP contribution in [0.3, 0.4) is 0 Å². The molecular weight excluding hydrogens is 310 g/mol. The molecule has 2 N–H and O–H groups in total. The lowest BCUT2D eigenvalue weighted by Crippen LogP contribution is -2.44. The fraction of sp³-hybridized carbons (Fsp3) is 0.412. The number of aromatic amines is 1. The third-order valence-corrected chi connectivity index (χ3v) is 3.59. The van der Waals surface area contributed by atoms with Gasteiger partial charge < -0.3 is 15.0 Å². The molecule has 2 rings (SSSR count). The highest BCUT2D eigenvalue weighted by molar-refractivity contribution is 5.83. The van der Waals surface area contributed by atoms with Gasteiger partial charge >= 0.3 is 5.97 Å². The summed E-state index contributed by atoms with van der Waals surface area (Å²) in [6.45, 7) is 6.58. The Labute approximate surface area is 139 Å². The van der Waals surface area contributed by atoms with E-state index in [4.69, 9.17) is 4.74 Å². The van der Waals surface area contributed by atoms with Crippen molar-refractivity contribution in [3.63, 3.8) is 0 Å². The molecule has 2 unspecified atom stereocenters. The monoisotopic (exact) mass is 331 g/mol. The number of esters is 1. The van der Waals surface area contributed by atoms with E-state index in [1.54, 1.807) is 31.2 Å². The van der Waals surface area contributed by atoms with E-state index in [2.05, 4.69) is 15.3 Å². The standard InChI is InChI=1S/C17H21N3O4/c1-9(2)14(18-11(4)21)17(23)24-10(3)15-19-13-8-6-5-7-12(13)16(22)20-15/h5-10,14H,1-4H3,(H,18,21)(H,19,20,22). The number of nitrogens with zero attached hydrogens (tertiary/aromatic N) is 1. The van der Waals surface area contributed by atoms with Gasteiger partial charge in [-0.2, -0.15) is 0 Å². The van der Waals surface area contributed by atoms with E-state index in [0.29, 0.717) is 10.9 Å². The highest BCUT2D eigenvalue weighted by Gasteiger charge is 2.27. The summed E-state index contributed by atoms with van der Waals surface area (Å²) >= 11 is 0. The van der Waals surface area contributed by atoms with Crippen LogP contribution in [0.4, 0.5) is 0 Å². The van der Waals surface area contributed by atoms with Crippen molar-refractivity contribution >= 4 is 22.8 Å². The molecule has 7 nitrogen and oxygen atoms in total. The van der Waals surface area contributed by atoms with Gasteiger partial charge in [0, 0.05) is 6.92 Å². The van der Waals surface area contributed by atoms with Gasteiger partial charge in [0.05, 0.1) is 10.9 Å². The summed E-state index contributed by atoms with van der Waals surface area (Å²) in [6, 6.07) is 6.17. The zero-order valence-electron chi connectivity index (χ0n) is 14.1. The smallest absolute Gasteiger partial charge is 0.329 e. The predicted octanol–water partition coefficient (Wildman–Crippen LogP) is 1.69. The Bertz CT molecular complexity index is 813. The zero-order valence-corrected chi connectivity index (χ0v) is 14.1. The average molecular weight is 331 g/mol. The van der Waals surface area contributed by atoms with Crippen molar-refractivity contribution in [1.29, 1.82) is 0 Å². The molecular formula is C17H21N3O4. The molecule has 0 bridgehead atoms. The van der Waals surface area contributed by atoms with Crippen LogP contribution in [0.2, 0.25) is 0 Å². The molecule has 0 aliphatic rings. The summed E-state index contributed by atoms with van der Waals surface area (Å²) in [5, 5.41) is 3.04. The van der Waals surface area contributed by atoms with Crippen molar-refractivity contribution in [3.8, 4) is 0 Å². The molecule has 1 aromatic carbocycles. The van der Waals surface area contributed by atoms with Gasteiger partial charge in [-0.15, -0.1) is 0 Å². The number of hydrogen-bond acceptors (Lipinski definition) is 5. The van der Waals surface area contributed by atoms with Crippen LogP contribution < -0.4 is 10.9 Å². The third-order valence-electron chi connectivity index (χ3n) is 3.59. The van der Waals surface area contributed by atoms with Crippen LogP contribution in [0.25, 0.3) is 10.9 Å². The van der Waals surface area contributed by atoms with E-state index < -0.39 is 18.1 Å². The molecule has 1 heterocycles. The van der Waals surface area contributed by atoms with E-state index in [-0.39, 0.29) is 23.2 Å². The Morgan fingerprint density at radius 1 is 1.21 bits per heavy atom. The summed E-state index contributed by atoms with van der Waals surface area (Å²) in [5.74, 6) is -0.742. The molecule has 128 valence electrons. The zero-order chi connectivity index (χ0) is 17.9. The highest BCUT2D eigenvalue weighted by Crippen LogP contribution is 2.16. The Balaban J connectivity index is 2.22.